The summed E-state index contributed by atoms with van der Waals surface area (Å²) >= 11 is 0. The monoisotopic (exact) mass is 242 g/mol. The summed E-state index contributed by atoms with van der Waals surface area (Å²) in [5.74, 6) is 0. The molecule has 1 atom stereocenters. The van der Waals surface area contributed by atoms with E-state index in [0.29, 0.717) is 0 Å². The predicted molar refractivity (Wildman–Crippen MR) is 68.9 cm³/mol. The third-order valence-electron chi connectivity index (χ3n) is 3.89. The summed E-state index contributed by atoms with van der Waals surface area (Å²) in [6.07, 6.45) is 3.91. The molecule has 0 saturated heterocycles. The molecule has 0 aromatic heterocycles. The molecule has 4 nitrogen and oxygen atoms in total. The fourth-order valence-corrected chi connectivity index (χ4v) is 2.06. The maximum absolute atomic E-state index is 11.9. The minimum absolute atomic E-state index is 0.0321. The van der Waals surface area contributed by atoms with Gasteiger partial charge in [0, 0.05) is 6.04 Å². The second-order valence-electron chi connectivity index (χ2n) is 6.33. The van der Waals surface area contributed by atoms with Gasteiger partial charge >= 0.3 is 6.03 Å². The van der Waals surface area contributed by atoms with E-state index >= 15 is 0 Å². The number of hydrogen-bond acceptors (Lipinski definition) is 2. The molecular weight excluding hydrogens is 216 g/mol. The third-order valence-corrected chi connectivity index (χ3v) is 3.89. The summed E-state index contributed by atoms with van der Waals surface area (Å²) < 4.78 is 0. The molecule has 1 saturated carbocycles. The van der Waals surface area contributed by atoms with Gasteiger partial charge in [0.1, 0.15) is 0 Å². The number of amides is 2. The number of carbonyl (C=O) groups excluding carboxylic acids is 1. The fourth-order valence-electron chi connectivity index (χ4n) is 2.06. The molecule has 1 aliphatic carbocycles. The summed E-state index contributed by atoms with van der Waals surface area (Å²) in [6, 6.07) is -0.0666. The molecule has 3 N–H and O–H groups in total. The first-order chi connectivity index (χ1) is 7.79. The van der Waals surface area contributed by atoms with E-state index in [1.807, 2.05) is 6.92 Å². The van der Waals surface area contributed by atoms with Gasteiger partial charge in [-0.05, 0) is 25.2 Å². The highest BCUT2D eigenvalue weighted by Crippen LogP contribution is 2.29. The molecule has 0 bridgehead atoms. The van der Waals surface area contributed by atoms with Gasteiger partial charge in [-0.3, -0.25) is 0 Å². The summed E-state index contributed by atoms with van der Waals surface area (Å²) in [6.45, 7) is 8.31. The quantitative estimate of drug-likeness (QED) is 0.709. The first-order valence-corrected chi connectivity index (χ1v) is 6.49. The average Bonchev–Trinajstić information content (AvgIpc) is 2.65. The molecule has 0 radical (unpaired) electrons. The Balaban J connectivity index is 2.49. The molecule has 0 aromatic rings. The Morgan fingerprint density at radius 3 is 2.29 bits per heavy atom. The molecule has 0 aromatic carbocycles. The normalized spacial score (nSPS) is 21.0. The molecule has 0 spiro atoms. The minimum atomic E-state index is -0.387. The molecular formula is C13H26N2O2. The van der Waals surface area contributed by atoms with Crippen molar-refractivity contribution >= 4 is 6.03 Å². The zero-order valence-electron chi connectivity index (χ0n) is 11.5. The first-order valence-electron chi connectivity index (χ1n) is 6.49. The number of hydrogen-bond donors (Lipinski definition) is 3. The van der Waals surface area contributed by atoms with E-state index in [0.717, 1.165) is 25.7 Å². The minimum Gasteiger partial charge on any atom is -0.394 e. The zero-order valence-corrected chi connectivity index (χ0v) is 11.5. The number of rotatable bonds is 3. The number of aliphatic hydroxyl groups is 1. The van der Waals surface area contributed by atoms with Crippen LogP contribution in [0.15, 0.2) is 0 Å². The summed E-state index contributed by atoms with van der Waals surface area (Å²) in [4.78, 5) is 11.9. The van der Waals surface area contributed by atoms with Crippen molar-refractivity contribution < 1.29 is 9.90 Å². The average molecular weight is 242 g/mol. The molecule has 0 heterocycles. The predicted octanol–water partition coefficient (Wildman–Crippen LogP) is 2.03. The molecule has 1 aliphatic rings. The number of aliphatic hydroxyl groups excluding tert-OH is 1. The van der Waals surface area contributed by atoms with E-state index in [9.17, 15) is 9.90 Å². The van der Waals surface area contributed by atoms with Crippen molar-refractivity contribution in [1.29, 1.82) is 0 Å². The second kappa shape index (κ2) is 5.25. The van der Waals surface area contributed by atoms with Crippen LogP contribution in [-0.2, 0) is 0 Å². The molecule has 17 heavy (non-hydrogen) atoms. The van der Waals surface area contributed by atoms with Crippen LogP contribution in [0.1, 0.15) is 53.4 Å². The lowest BCUT2D eigenvalue weighted by Crippen LogP contribution is -2.55. The Hall–Kier alpha value is -0.770. The van der Waals surface area contributed by atoms with Crippen molar-refractivity contribution in [2.45, 2.75) is 65.0 Å². The van der Waals surface area contributed by atoms with Crippen molar-refractivity contribution in [3.63, 3.8) is 0 Å². The first kappa shape index (κ1) is 14.3. The van der Waals surface area contributed by atoms with Gasteiger partial charge in [0.15, 0.2) is 0 Å². The van der Waals surface area contributed by atoms with Crippen LogP contribution in [-0.4, -0.2) is 29.3 Å². The zero-order chi connectivity index (χ0) is 13.1. The van der Waals surface area contributed by atoms with Crippen molar-refractivity contribution in [1.82, 2.24) is 10.6 Å². The van der Waals surface area contributed by atoms with Crippen LogP contribution in [0.3, 0.4) is 0 Å². The number of urea groups is 1. The van der Waals surface area contributed by atoms with Crippen LogP contribution in [0.25, 0.3) is 0 Å². The smallest absolute Gasteiger partial charge is 0.315 e. The highest BCUT2D eigenvalue weighted by molar-refractivity contribution is 5.75. The van der Waals surface area contributed by atoms with Gasteiger partial charge in [-0.15, -0.1) is 0 Å². The maximum Gasteiger partial charge on any atom is 0.315 e. The van der Waals surface area contributed by atoms with Crippen molar-refractivity contribution in [2.75, 3.05) is 6.61 Å². The van der Waals surface area contributed by atoms with Crippen LogP contribution in [0.2, 0.25) is 0 Å². The lowest BCUT2D eigenvalue weighted by Gasteiger charge is -2.32. The Labute approximate surface area is 104 Å². The SMILES string of the molecule is CC(NC(=O)NC1(CO)CCCC1)C(C)(C)C. The Morgan fingerprint density at radius 1 is 1.35 bits per heavy atom. The highest BCUT2D eigenvalue weighted by Gasteiger charge is 2.35. The molecule has 0 aliphatic heterocycles. The van der Waals surface area contributed by atoms with E-state index in [1.54, 1.807) is 0 Å². The van der Waals surface area contributed by atoms with Gasteiger partial charge in [-0.2, -0.15) is 0 Å². The Morgan fingerprint density at radius 2 is 1.88 bits per heavy atom. The van der Waals surface area contributed by atoms with Gasteiger partial charge in [-0.1, -0.05) is 33.6 Å². The lowest BCUT2D eigenvalue weighted by molar-refractivity contribution is 0.158. The van der Waals surface area contributed by atoms with E-state index in [-0.39, 0.29) is 29.6 Å². The van der Waals surface area contributed by atoms with Gasteiger partial charge in [0.2, 0.25) is 0 Å². The van der Waals surface area contributed by atoms with Crippen LogP contribution in [0.4, 0.5) is 4.79 Å². The largest absolute Gasteiger partial charge is 0.394 e. The van der Waals surface area contributed by atoms with Gasteiger partial charge in [0.25, 0.3) is 0 Å². The molecule has 1 unspecified atom stereocenters. The van der Waals surface area contributed by atoms with Crippen LogP contribution in [0.5, 0.6) is 0 Å². The molecule has 4 heteroatoms. The van der Waals surface area contributed by atoms with Crippen molar-refractivity contribution in [2.24, 2.45) is 5.41 Å². The van der Waals surface area contributed by atoms with Crippen LogP contribution >= 0.6 is 0 Å². The molecule has 2 amide bonds. The van der Waals surface area contributed by atoms with Gasteiger partial charge in [-0.25, -0.2) is 4.79 Å². The molecule has 100 valence electrons. The molecule has 1 rings (SSSR count). The van der Waals surface area contributed by atoms with Crippen LogP contribution < -0.4 is 10.6 Å². The van der Waals surface area contributed by atoms with E-state index in [2.05, 4.69) is 31.4 Å². The van der Waals surface area contributed by atoms with E-state index in [4.69, 9.17) is 0 Å². The fraction of sp³-hybridized carbons (Fsp3) is 0.923. The second-order valence-corrected chi connectivity index (χ2v) is 6.33. The summed E-state index contributed by atoms with van der Waals surface area (Å²) in [5, 5.41) is 15.3. The topological polar surface area (TPSA) is 61.4 Å². The van der Waals surface area contributed by atoms with E-state index in [1.165, 1.54) is 0 Å². The third kappa shape index (κ3) is 3.87. The molecule has 1 fully saturated rings. The van der Waals surface area contributed by atoms with Crippen LogP contribution in [0, 0.1) is 5.41 Å². The summed E-state index contributed by atoms with van der Waals surface area (Å²) in [5.41, 5.74) is -0.346. The van der Waals surface area contributed by atoms with Crippen molar-refractivity contribution in [3.05, 3.63) is 0 Å². The number of nitrogens with one attached hydrogen (secondary N) is 2. The van der Waals surface area contributed by atoms with Crippen molar-refractivity contribution in [3.8, 4) is 0 Å². The highest BCUT2D eigenvalue weighted by atomic mass is 16.3. The maximum atomic E-state index is 11.9. The summed E-state index contributed by atoms with van der Waals surface area (Å²) in [7, 11) is 0. The number of carbonyl (C=O) groups is 1. The van der Waals surface area contributed by atoms with Gasteiger partial charge in [0.05, 0.1) is 12.1 Å². The standard InChI is InChI=1S/C13H26N2O2/c1-10(12(2,3)4)14-11(17)15-13(9-16)7-5-6-8-13/h10,16H,5-9H2,1-4H3,(H2,14,15,17). The lowest BCUT2D eigenvalue weighted by atomic mass is 9.88. The Bertz CT molecular complexity index is 265. The Kier molecular flexibility index (Phi) is 4.42. The van der Waals surface area contributed by atoms with E-state index < -0.39 is 0 Å². The van der Waals surface area contributed by atoms with Gasteiger partial charge < -0.3 is 15.7 Å².